The van der Waals surface area contributed by atoms with Crippen LogP contribution in [-0.4, -0.2) is 37.1 Å². The minimum Gasteiger partial charge on any atom is -0.394 e. The lowest BCUT2D eigenvalue weighted by atomic mass is 10.2. The van der Waals surface area contributed by atoms with Gasteiger partial charge in [0.25, 0.3) is 0 Å². The topological polar surface area (TPSA) is 90.4 Å². The normalized spacial score (nSPS) is 29.5. The largest absolute Gasteiger partial charge is 0.436 e. The molecular formula is C8H10BrN3O4. The minimum atomic E-state index is -0.557. The first kappa shape index (κ1) is 11.5. The Morgan fingerprint density at radius 2 is 2.56 bits per heavy atom. The highest BCUT2D eigenvalue weighted by Gasteiger charge is 2.37. The molecule has 0 amide bonds. The zero-order chi connectivity index (χ0) is 11.7. The molecule has 1 unspecified atom stereocenters. The van der Waals surface area contributed by atoms with Crippen LogP contribution in [0.2, 0.25) is 0 Å². The van der Waals surface area contributed by atoms with Gasteiger partial charge in [-0.1, -0.05) is 20.9 Å². The fourth-order valence-electron chi connectivity index (χ4n) is 1.69. The SMILES string of the molecule is O=[N+]([O-])c1nccn1[C@H]1C[C@H](Br)C(CO)O1. The van der Waals surface area contributed by atoms with Crippen molar-refractivity contribution in [2.75, 3.05) is 6.61 Å². The summed E-state index contributed by atoms with van der Waals surface area (Å²) in [6, 6.07) is 0. The fraction of sp³-hybridized carbons (Fsp3) is 0.625. The van der Waals surface area contributed by atoms with E-state index in [4.69, 9.17) is 9.84 Å². The van der Waals surface area contributed by atoms with Gasteiger partial charge in [0.1, 0.15) is 12.4 Å². The molecule has 16 heavy (non-hydrogen) atoms. The Morgan fingerprint density at radius 1 is 1.81 bits per heavy atom. The quantitative estimate of drug-likeness (QED) is 0.506. The lowest BCUT2D eigenvalue weighted by Gasteiger charge is -2.11. The molecule has 1 aromatic heterocycles. The number of ether oxygens (including phenoxy) is 1. The Hall–Kier alpha value is -0.990. The molecule has 2 rings (SSSR count). The number of aliphatic hydroxyl groups is 1. The Morgan fingerprint density at radius 3 is 3.12 bits per heavy atom. The van der Waals surface area contributed by atoms with Crippen molar-refractivity contribution in [3.8, 4) is 0 Å². The summed E-state index contributed by atoms with van der Waals surface area (Å²) in [6.45, 7) is -0.116. The van der Waals surface area contributed by atoms with Crippen molar-refractivity contribution in [2.45, 2.75) is 23.6 Å². The second kappa shape index (κ2) is 4.48. The van der Waals surface area contributed by atoms with Gasteiger partial charge in [-0.25, -0.2) is 4.57 Å². The van der Waals surface area contributed by atoms with E-state index in [0.29, 0.717) is 6.42 Å². The molecule has 1 N–H and O–H groups in total. The Balaban J connectivity index is 2.20. The van der Waals surface area contributed by atoms with Crippen molar-refractivity contribution >= 4 is 21.9 Å². The minimum absolute atomic E-state index is 0.00972. The van der Waals surface area contributed by atoms with E-state index in [0.717, 1.165) is 0 Å². The van der Waals surface area contributed by atoms with Gasteiger partial charge in [0, 0.05) is 11.2 Å². The molecule has 0 radical (unpaired) electrons. The third kappa shape index (κ3) is 1.95. The average molecular weight is 292 g/mol. The molecule has 1 fully saturated rings. The molecule has 0 aliphatic carbocycles. The summed E-state index contributed by atoms with van der Waals surface area (Å²) >= 11 is 3.36. The maximum atomic E-state index is 10.7. The van der Waals surface area contributed by atoms with E-state index in [2.05, 4.69) is 20.9 Å². The Bertz CT molecular complexity index is 396. The summed E-state index contributed by atoms with van der Waals surface area (Å²) in [4.78, 5) is 13.8. The van der Waals surface area contributed by atoms with Gasteiger partial charge in [0.15, 0.2) is 6.23 Å². The van der Waals surface area contributed by atoms with E-state index in [1.54, 1.807) is 0 Å². The zero-order valence-corrected chi connectivity index (χ0v) is 9.78. The van der Waals surface area contributed by atoms with Gasteiger partial charge in [0.2, 0.25) is 0 Å². The zero-order valence-electron chi connectivity index (χ0n) is 8.19. The van der Waals surface area contributed by atoms with E-state index >= 15 is 0 Å². The number of nitro groups is 1. The second-order valence-electron chi connectivity index (χ2n) is 3.46. The predicted octanol–water partition coefficient (Wildman–Crippen LogP) is 0.835. The molecule has 0 saturated carbocycles. The number of aliphatic hydroxyl groups excluding tert-OH is 1. The van der Waals surface area contributed by atoms with Crippen LogP contribution in [0.15, 0.2) is 12.4 Å². The number of imidazole rings is 1. The molecule has 0 aromatic carbocycles. The Labute approximate surface area is 99.3 Å². The maximum absolute atomic E-state index is 10.7. The van der Waals surface area contributed by atoms with Crippen LogP contribution in [-0.2, 0) is 4.74 Å². The first-order valence-electron chi connectivity index (χ1n) is 4.71. The first-order valence-corrected chi connectivity index (χ1v) is 5.62. The highest BCUT2D eigenvalue weighted by Crippen LogP contribution is 2.34. The van der Waals surface area contributed by atoms with Crippen LogP contribution < -0.4 is 0 Å². The van der Waals surface area contributed by atoms with Gasteiger partial charge >= 0.3 is 5.95 Å². The van der Waals surface area contributed by atoms with Gasteiger partial charge in [-0.15, -0.1) is 0 Å². The molecule has 1 saturated heterocycles. The van der Waals surface area contributed by atoms with Crippen molar-refractivity contribution in [3.05, 3.63) is 22.5 Å². The smallest absolute Gasteiger partial charge is 0.394 e. The van der Waals surface area contributed by atoms with E-state index in [1.807, 2.05) is 0 Å². The molecule has 0 bridgehead atoms. The lowest BCUT2D eigenvalue weighted by molar-refractivity contribution is -0.398. The molecular weight excluding hydrogens is 282 g/mol. The van der Waals surface area contributed by atoms with Crippen LogP contribution in [0.3, 0.4) is 0 Å². The van der Waals surface area contributed by atoms with Gasteiger partial charge in [0.05, 0.1) is 12.7 Å². The summed E-state index contributed by atoms with van der Waals surface area (Å²) in [5.41, 5.74) is 0. The van der Waals surface area contributed by atoms with Gasteiger partial charge in [-0.3, -0.25) is 0 Å². The molecule has 7 nitrogen and oxygen atoms in total. The number of rotatable bonds is 3. The molecule has 8 heteroatoms. The summed E-state index contributed by atoms with van der Waals surface area (Å²) < 4.78 is 6.84. The molecule has 3 atom stereocenters. The molecule has 1 aromatic rings. The van der Waals surface area contributed by atoms with Crippen molar-refractivity contribution in [1.82, 2.24) is 9.55 Å². The second-order valence-corrected chi connectivity index (χ2v) is 4.63. The summed E-state index contributed by atoms with van der Waals surface area (Å²) in [6.07, 6.45) is 2.62. The standard InChI is InChI=1S/C8H10BrN3O4/c9-5-3-7(16-6(5)4-13)11-2-1-10-8(11)12(14)15/h1-2,5-7,13H,3-4H2/t5-,6?,7+/m0/s1. The molecule has 2 heterocycles. The Kier molecular flexibility index (Phi) is 3.22. The van der Waals surface area contributed by atoms with E-state index in [-0.39, 0.29) is 23.5 Å². The first-order chi connectivity index (χ1) is 7.63. The van der Waals surface area contributed by atoms with Gasteiger partial charge < -0.3 is 20.0 Å². The van der Waals surface area contributed by atoms with Crippen molar-refractivity contribution in [3.63, 3.8) is 0 Å². The third-order valence-electron chi connectivity index (χ3n) is 2.46. The van der Waals surface area contributed by atoms with Crippen LogP contribution in [0.5, 0.6) is 0 Å². The number of halogens is 1. The summed E-state index contributed by atoms with van der Waals surface area (Å²) in [7, 11) is 0. The maximum Gasteiger partial charge on any atom is 0.436 e. The molecule has 1 aliphatic rings. The van der Waals surface area contributed by atoms with Crippen molar-refractivity contribution in [2.24, 2.45) is 0 Å². The predicted molar refractivity (Wildman–Crippen MR) is 57.2 cm³/mol. The van der Waals surface area contributed by atoms with Crippen molar-refractivity contribution < 1.29 is 14.8 Å². The average Bonchev–Trinajstić information content (AvgIpc) is 2.82. The highest BCUT2D eigenvalue weighted by atomic mass is 79.9. The fourth-order valence-corrected chi connectivity index (χ4v) is 2.31. The molecule has 1 aliphatic heterocycles. The molecule has 0 spiro atoms. The van der Waals surface area contributed by atoms with E-state index in [9.17, 15) is 10.1 Å². The van der Waals surface area contributed by atoms with Crippen LogP contribution in [0, 0.1) is 10.1 Å². The highest BCUT2D eigenvalue weighted by molar-refractivity contribution is 9.09. The monoisotopic (exact) mass is 291 g/mol. The van der Waals surface area contributed by atoms with Gasteiger partial charge in [-0.2, -0.15) is 0 Å². The van der Waals surface area contributed by atoms with Gasteiger partial charge in [-0.05, 0) is 4.92 Å². The number of nitrogens with zero attached hydrogens (tertiary/aromatic N) is 3. The van der Waals surface area contributed by atoms with Crippen LogP contribution >= 0.6 is 15.9 Å². The number of hydrogen-bond acceptors (Lipinski definition) is 5. The number of alkyl halides is 1. The third-order valence-corrected chi connectivity index (χ3v) is 3.43. The number of aromatic nitrogens is 2. The lowest BCUT2D eigenvalue weighted by Crippen LogP contribution is -2.20. The molecule has 88 valence electrons. The van der Waals surface area contributed by atoms with Crippen LogP contribution in [0.25, 0.3) is 0 Å². The van der Waals surface area contributed by atoms with Crippen molar-refractivity contribution in [1.29, 1.82) is 0 Å². The number of hydrogen-bond donors (Lipinski definition) is 1. The summed E-state index contributed by atoms with van der Waals surface area (Å²) in [5.74, 6) is -0.247. The van der Waals surface area contributed by atoms with E-state index < -0.39 is 11.2 Å². The summed E-state index contributed by atoms with van der Waals surface area (Å²) in [5, 5.41) is 19.7. The van der Waals surface area contributed by atoms with Crippen LogP contribution in [0.1, 0.15) is 12.6 Å². The van der Waals surface area contributed by atoms with E-state index in [1.165, 1.54) is 17.0 Å². The van der Waals surface area contributed by atoms with Crippen LogP contribution in [0.4, 0.5) is 5.95 Å².